The van der Waals surface area contributed by atoms with Gasteiger partial charge in [0.15, 0.2) is 0 Å². The van der Waals surface area contributed by atoms with Gasteiger partial charge in [-0.1, -0.05) is 0 Å². The Kier molecular flexibility index (Phi) is 6.24. The van der Waals surface area contributed by atoms with Crippen LogP contribution in [0.1, 0.15) is 24.4 Å². The van der Waals surface area contributed by atoms with Gasteiger partial charge in [-0.2, -0.15) is 11.8 Å². The molecule has 86 valence electrons. The Hall–Kier alpha value is -0.100. The van der Waals surface area contributed by atoms with Crippen LogP contribution in [-0.2, 0) is 0 Å². The van der Waals surface area contributed by atoms with Gasteiger partial charge in [0.2, 0.25) is 0 Å². The topological polar surface area (TPSA) is 45.1 Å². The summed E-state index contributed by atoms with van der Waals surface area (Å²) in [5, 5.41) is 15.5. The van der Waals surface area contributed by atoms with Gasteiger partial charge in [-0.05, 0) is 19.6 Å². The van der Waals surface area contributed by atoms with Crippen LogP contribution in [0.2, 0.25) is 0 Å². The molecule has 5 heteroatoms. The molecule has 15 heavy (non-hydrogen) atoms. The Balaban J connectivity index is 2.43. The summed E-state index contributed by atoms with van der Waals surface area (Å²) >= 11 is 3.46. The second kappa shape index (κ2) is 7.22. The fourth-order valence-electron chi connectivity index (χ4n) is 1.44. The van der Waals surface area contributed by atoms with Gasteiger partial charge in [0, 0.05) is 30.0 Å². The summed E-state index contributed by atoms with van der Waals surface area (Å²) in [4.78, 5) is 4.28. The molecular weight excluding hydrogens is 228 g/mol. The largest absolute Gasteiger partial charge is 0.396 e. The molecular formula is C10H18N2OS2. The predicted molar refractivity (Wildman–Crippen MR) is 67.5 cm³/mol. The first-order valence-corrected chi connectivity index (χ1v) is 7.30. The van der Waals surface area contributed by atoms with Crippen molar-refractivity contribution < 1.29 is 5.11 Å². The summed E-state index contributed by atoms with van der Waals surface area (Å²) in [7, 11) is 0. The van der Waals surface area contributed by atoms with Crippen molar-refractivity contribution in [2.24, 2.45) is 0 Å². The second-order valence-corrected chi connectivity index (χ2v) is 5.26. The molecule has 0 radical (unpaired) electrons. The standard InChI is InChI=1S/C10H18N2OS2/c1-8(10-11-4-6-15-10)12-9(3-5-13)7-14-2/h4,6,8-9,12-13H,3,5,7H2,1-2H3. The normalized spacial score (nSPS) is 15.1. The number of hydrogen-bond donors (Lipinski definition) is 2. The molecule has 1 heterocycles. The molecule has 2 unspecified atom stereocenters. The zero-order chi connectivity index (χ0) is 11.1. The molecule has 0 saturated heterocycles. The highest BCUT2D eigenvalue weighted by atomic mass is 32.2. The second-order valence-electron chi connectivity index (χ2n) is 3.42. The summed E-state index contributed by atoms with van der Waals surface area (Å²) in [5.74, 6) is 1.02. The highest BCUT2D eigenvalue weighted by Crippen LogP contribution is 2.16. The lowest BCUT2D eigenvalue weighted by Crippen LogP contribution is -2.34. The number of thiazole rings is 1. The molecule has 1 aromatic heterocycles. The molecule has 1 rings (SSSR count). The molecule has 3 nitrogen and oxygen atoms in total. The third kappa shape index (κ3) is 4.51. The maximum absolute atomic E-state index is 8.94. The maximum Gasteiger partial charge on any atom is 0.109 e. The van der Waals surface area contributed by atoms with E-state index in [2.05, 4.69) is 23.5 Å². The first kappa shape index (κ1) is 13.0. The van der Waals surface area contributed by atoms with Gasteiger partial charge in [-0.25, -0.2) is 4.98 Å². The van der Waals surface area contributed by atoms with Crippen LogP contribution in [-0.4, -0.2) is 34.7 Å². The zero-order valence-corrected chi connectivity index (χ0v) is 10.8. The monoisotopic (exact) mass is 246 g/mol. The minimum absolute atomic E-state index is 0.239. The van der Waals surface area contributed by atoms with E-state index in [0.29, 0.717) is 6.04 Å². The van der Waals surface area contributed by atoms with E-state index in [1.165, 1.54) is 0 Å². The Morgan fingerprint density at radius 3 is 3.00 bits per heavy atom. The lowest BCUT2D eigenvalue weighted by molar-refractivity contribution is 0.265. The first-order valence-electron chi connectivity index (χ1n) is 5.03. The molecule has 0 spiro atoms. The van der Waals surface area contributed by atoms with Crippen molar-refractivity contribution in [1.82, 2.24) is 10.3 Å². The third-order valence-corrected chi connectivity index (χ3v) is 3.85. The molecule has 2 atom stereocenters. The van der Waals surface area contributed by atoms with Crippen LogP contribution < -0.4 is 5.32 Å². The van der Waals surface area contributed by atoms with E-state index >= 15 is 0 Å². The zero-order valence-electron chi connectivity index (χ0n) is 9.14. The Bertz CT molecular complexity index is 248. The summed E-state index contributed by atoms with van der Waals surface area (Å²) in [6.45, 7) is 2.35. The van der Waals surface area contributed by atoms with E-state index in [4.69, 9.17) is 5.11 Å². The number of nitrogens with zero attached hydrogens (tertiary/aromatic N) is 1. The van der Waals surface area contributed by atoms with Crippen LogP contribution >= 0.6 is 23.1 Å². The summed E-state index contributed by atoms with van der Waals surface area (Å²) in [6.07, 6.45) is 4.71. The van der Waals surface area contributed by atoms with Crippen LogP contribution in [0.25, 0.3) is 0 Å². The Morgan fingerprint density at radius 1 is 1.67 bits per heavy atom. The minimum atomic E-state index is 0.239. The van der Waals surface area contributed by atoms with Crippen molar-refractivity contribution in [3.8, 4) is 0 Å². The van der Waals surface area contributed by atoms with Gasteiger partial charge in [-0.15, -0.1) is 11.3 Å². The summed E-state index contributed by atoms with van der Waals surface area (Å²) < 4.78 is 0. The smallest absolute Gasteiger partial charge is 0.109 e. The molecule has 0 fully saturated rings. The van der Waals surface area contributed by atoms with Crippen molar-refractivity contribution in [1.29, 1.82) is 0 Å². The molecule has 0 bridgehead atoms. The molecule has 0 aliphatic rings. The van der Waals surface area contributed by atoms with Crippen molar-refractivity contribution in [2.45, 2.75) is 25.4 Å². The lowest BCUT2D eigenvalue weighted by atomic mass is 10.2. The Morgan fingerprint density at radius 2 is 2.47 bits per heavy atom. The summed E-state index contributed by atoms with van der Waals surface area (Å²) in [5.41, 5.74) is 0. The van der Waals surface area contributed by atoms with Crippen molar-refractivity contribution >= 4 is 23.1 Å². The van der Waals surface area contributed by atoms with Gasteiger partial charge >= 0.3 is 0 Å². The fraction of sp³-hybridized carbons (Fsp3) is 0.700. The van der Waals surface area contributed by atoms with Gasteiger partial charge in [0.1, 0.15) is 5.01 Å². The van der Waals surface area contributed by atoms with Gasteiger partial charge in [0.25, 0.3) is 0 Å². The highest BCUT2D eigenvalue weighted by molar-refractivity contribution is 7.98. The molecule has 0 aliphatic heterocycles. The number of thioether (sulfide) groups is 1. The average Bonchev–Trinajstić information content (AvgIpc) is 2.71. The van der Waals surface area contributed by atoms with Crippen LogP contribution in [0.4, 0.5) is 0 Å². The predicted octanol–water partition coefficient (Wildman–Crippen LogP) is 1.91. The van der Waals surface area contributed by atoms with Crippen molar-refractivity contribution in [3.05, 3.63) is 16.6 Å². The highest BCUT2D eigenvalue weighted by Gasteiger charge is 2.13. The molecule has 1 aromatic rings. The number of aliphatic hydroxyl groups is 1. The summed E-state index contributed by atoms with van der Waals surface area (Å²) in [6, 6.07) is 0.637. The lowest BCUT2D eigenvalue weighted by Gasteiger charge is -2.20. The van der Waals surface area contributed by atoms with E-state index in [9.17, 15) is 0 Å². The SMILES string of the molecule is CSCC(CCO)NC(C)c1nccs1. The van der Waals surface area contributed by atoms with E-state index in [1.807, 2.05) is 11.6 Å². The average molecular weight is 246 g/mol. The van der Waals surface area contributed by atoms with E-state index < -0.39 is 0 Å². The van der Waals surface area contributed by atoms with Crippen LogP contribution in [0.5, 0.6) is 0 Å². The fourth-order valence-corrected chi connectivity index (χ4v) is 2.77. The molecule has 0 amide bonds. The number of nitrogens with one attached hydrogen (secondary N) is 1. The molecule has 0 aliphatic carbocycles. The van der Waals surface area contributed by atoms with Crippen LogP contribution in [0.3, 0.4) is 0 Å². The number of rotatable bonds is 7. The molecule has 2 N–H and O–H groups in total. The first-order chi connectivity index (χ1) is 7.27. The number of aromatic nitrogens is 1. The minimum Gasteiger partial charge on any atom is -0.396 e. The Labute approximate surface area is 99.3 Å². The number of aliphatic hydroxyl groups excluding tert-OH is 1. The quantitative estimate of drug-likeness (QED) is 0.771. The maximum atomic E-state index is 8.94. The molecule has 0 saturated carbocycles. The molecule has 0 aromatic carbocycles. The van der Waals surface area contributed by atoms with Gasteiger partial charge < -0.3 is 10.4 Å². The van der Waals surface area contributed by atoms with E-state index in [0.717, 1.165) is 17.2 Å². The van der Waals surface area contributed by atoms with Crippen molar-refractivity contribution in [3.63, 3.8) is 0 Å². The van der Waals surface area contributed by atoms with Gasteiger partial charge in [-0.3, -0.25) is 0 Å². The van der Waals surface area contributed by atoms with Crippen LogP contribution in [0.15, 0.2) is 11.6 Å². The van der Waals surface area contributed by atoms with Gasteiger partial charge in [0.05, 0.1) is 6.04 Å². The van der Waals surface area contributed by atoms with Crippen LogP contribution in [0, 0.1) is 0 Å². The third-order valence-electron chi connectivity index (χ3n) is 2.15. The number of hydrogen-bond acceptors (Lipinski definition) is 5. The van der Waals surface area contributed by atoms with Crippen molar-refractivity contribution in [2.75, 3.05) is 18.6 Å². The van der Waals surface area contributed by atoms with E-state index in [1.54, 1.807) is 23.1 Å². The van der Waals surface area contributed by atoms with E-state index in [-0.39, 0.29) is 12.6 Å².